The number of carbonyl (C=O) groups excluding carboxylic acids is 1. The van der Waals surface area contributed by atoms with E-state index in [0.717, 1.165) is 0 Å². The van der Waals surface area contributed by atoms with Crippen molar-refractivity contribution < 1.29 is 19.0 Å². The molecule has 0 radical (unpaired) electrons. The van der Waals surface area contributed by atoms with Crippen molar-refractivity contribution in [3.05, 3.63) is 53.3 Å². The lowest BCUT2D eigenvalue weighted by molar-refractivity contribution is -0.113. The first-order valence-corrected chi connectivity index (χ1v) is 10.9. The highest BCUT2D eigenvalue weighted by Gasteiger charge is 2.15. The zero-order chi connectivity index (χ0) is 22.2. The summed E-state index contributed by atoms with van der Waals surface area (Å²) in [5, 5.41) is 12.4. The van der Waals surface area contributed by atoms with Gasteiger partial charge in [-0.25, -0.2) is 0 Å². The van der Waals surface area contributed by atoms with Crippen molar-refractivity contribution in [2.45, 2.75) is 25.2 Å². The van der Waals surface area contributed by atoms with Gasteiger partial charge in [0.25, 0.3) is 0 Å². The van der Waals surface area contributed by atoms with Crippen molar-refractivity contribution in [3.8, 4) is 17.2 Å². The summed E-state index contributed by atoms with van der Waals surface area (Å²) in [4.78, 5) is 12.4. The van der Waals surface area contributed by atoms with E-state index in [2.05, 4.69) is 15.5 Å². The monoisotopic (exact) mass is 462 g/mol. The third-order valence-electron chi connectivity index (χ3n) is 4.30. The molecule has 0 unspecified atom stereocenters. The molecule has 0 aliphatic rings. The van der Waals surface area contributed by atoms with Crippen molar-refractivity contribution in [2.24, 2.45) is 0 Å². The molecular formula is C21H23ClN4O4S. The minimum Gasteiger partial charge on any atom is -0.495 e. The van der Waals surface area contributed by atoms with Gasteiger partial charge in [-0.3, -0.25) is 4.79 Å². The summed E-state index contributed by atoms with van der Waals surface area (Å²) in [5.41, 5.74) is 0.517. The van der Waals surface area contributed by atoms with Gasteiger partial charge in [0.05, 0.1) is 25.7 Å². The van der Waals surface area contributed by atoms with E-state index in [9.17, 15) is 4.79 Å². The Labute approximate surface area is 189 Å². The molecule has 0 saturated heterocycles. The van der Waals surface area contributed by atoms with Crippen molar-refractivity contribution in [3.63, 3.8) is 0 Å². The number of nitrogens with zero attached hydrogens (tertiary/aromatic N) is 3. The van der Waals surface area contributed by atoms with E-state index in [-0.39, 0.29) is 18.3 Å². The number of amides is 1. The highest BCUT2D eigenvalue weighted by molar-refractivity contribution is 7.99. The minimum absolute atomic E-state index is 0.154. The summed E-state index contributed by atoms with van der Waals surface area (Å²) < 4.78 is 18.3. The number of thioether (sulfide) groups is 1. The van der Waals surface area contributed by atoms with Crippen LogP contribution in [-0.2, 0) is 17.9 Å². The molecule has 164 valence electrons. The summed E-state index contributed by atoms with van der Waals surface area (Å²) in [6.45, 7) is 2.86. The Morgan fingerprint density at radius 3 is 2.55 bits per heavy atom. The fourth-order valence-corrected chi connectivity index (χ4v) is 3.82. The van der Waals surface area contributed by atoms with Gasteiger partial charge in [0.2, 0.25) is 5.91 Å². The average Bonchev–Trinajstić information content (AvgIpc) is 3.18. The number of methoxy groups -OCH3 is 2. The first kappa shape index (κ1) is 22.8. The summed E-state index contributed by atoms with van der Waals surface area (Å²) in [6.07, 6.45) is 0. The lowest BCUT2D eigenvalue weighted by Crippen LogP contribution is -2.15. The number of aromatic nitrogens is 3. The van der Waals surface area contributed by atoms with Gasteiger partial charge in [-0.2, -0.15) is 0 Å². The van der Waals surface area contributed by atoms with Crippen molar-refractivity contribution in [1.29, 1.82) is 0 Å². The lowest BCUT2D eigenvalue weighted by atomic mass is 10.3. The molecule has 0 saturated carbocycles. The number of anilines is 1. The number of halogens is 1. The first-order valence-electron chi connectivity index (χ1n) is 9.49. The molecule has 8 nitrogen and oxygen atoms in total. The van der Waals surface area contributed by atoms with Crippen LogP contribution in [0.4, 0.5) is 5.69 Å². The number of rotatable bonds is 10. The number of carbonyl (C=O) groups is 1. The van der Waals surface area contributed by atoms with Crippen molar-refractivity contribution >= 4 is 35.0 Å². The zero-order valence-corrected chi connectivity index (χ0v) is 19.0. The number of ether oxygens (including phenoxy) is 3. The fourth-order valence-electron chi connectivity index (χ4n) is 2.82. The Morgan fingerprint density at radius 1 is 1.10 bits per heavy atom. The van der Waals surface area contributed by atoms with E-state index in [0.29, 0.717) is 45.5 Å². The number of hydrogen-bond donors (Lipinski definition) is 1. The van der Waals surface area contributed by atoms with Gasteiger partial charge in [-0.1, -0.05) is 35.5 Å². The smallest absolute Gasteiger partial charge is 0.234 e. The molecule has 0 aliphatic carbocycles. The number of benzene rings is 2. The van der Waals surface area contributed by atoms with Gasteiger partial charge in [0.15, 0.2) is 22.5 Å². The molecule has 10 heteroatoms. The Kier molecular flexibility index (Phi) is 8.02. The predicted octanol–water partition coefficient (Wildman–Crippen LogP) is 4.28. The van der Waals surface area contributed by atoms with Crippen LogP contribution >= 0.6 is 23.4 Å². The van der Waals surface area contributed by atoms with Gasteiger partial charge in [0, 0.05) is 11.6 Å². The number of para-hydroxylation sites is 2. The van der Waals surface area contributed by atoms with Crippen LogP contribution in [0, 0.1) is 0 Å². The Bertz CT molecular complexity index is 1040. The van der Waals surface area contributed by atoms with Crippen LogP contribution in [-0.4, -0.2) is 40.6 Å². The second-order valence-corrected chi connectivity index (χ2v) is 7.64. The predicted molar refractivity (Wildman–Crippen MR) is 120 cm³/mol. The van der Waals surface area contributed by atoms with Gasteiger partial charge in [-0.05, 0) is 37.3 Å². The van der Waals surface area contributed by atoms with E-state index in [1.165, 1.54) is 18.9 Å². The molecule has 0 bridgehead atoms. The van der Waals surface area contributed by atoms with Gasteiger partial charge in [-0.15, -0.1) is 10.2 Å². The Balaban J connectivity index is 1.62. The maximum absolute atomic E-state index is 12.4. The fraction of sp³-hybridized carbons (Fsp3) is 0.286. The van der Waals surface area contributed by atoms with Crippen LogP contribution < -0.4 is 19.5 Å². The first-order chi connectivity index (χ1) is 15.0. The standard InChI is InChI=1S/C21H23ClN4O4S/c1-4-26-19(12-30-18-8-6-5-7-17(18)29-3)24-25-21(26)31-13-20(27)23-15-11-14(22)9-10-16(15)28-2/h5-11H,4,12-13H2,1-3H3,(H,23,27). The molecule has 2 aromatic carbocycles. The van der Waals surface area contributed by atoms with Crippen LogP contribution in [0.25, 0.3) is 0 Å². The van der Waals surface area contributed by atoms with Crippen LogP contribution in [0.1, 0.15) is 12.7 Å². The van der Waals surface area contributed by atoms with Gasteiger partial charge in [0.1, 0.15) is 12.4 Å². The normalized spacial score (nSPS) is 10.6. The maximum atomic E-state index is 12.4. The average molecular weight is 463 g/mol. The summed E-state index contributed by atoms with van der Waals surface area (Å²) in [6, 6.07) is 12.4. The molecule has 0 fully saturated rings. The topological polar surface area (TPSA) is 87.5 Å². The van der Waals surface area contributed by atoms with E-state index in [1.807, 2.05) is 35.8 Å². The molecule has 1 amide bonds. The molecule has 3 rings (SSSR count). The van der Waals surface area contributed by atoms with E-state index < -0.39 is 0 Å². The largest absolute Gasteiger partial charge is 0.495 e. The van der Waals surface area contributed by atoms with Crippen molar-refractivity contribution in [2.75, 3.05) is 25.3 Å². The van der Waals surface area contributed by atoms with Crippen LogP contribution in [0.2, 0.25) is 5.02 Å². The number of hydrogen-bond acceptors (Lipinski definition) is 7. The van der Waals surface area contributed by atoms with Crippen LogP contribution in [0.15, 0.2) is 47.6 Å². The molecule has 1 N–H and O–H groups in total. The van der Waals surface area contributed by atoms with Crippen LogP contribution in [0.3, 0.4) is 0 Å². The molecule has 0 atom stereocenters. The van der Waals surface area contributed by atoms with E-state index in [4.69, 9.17) is 25.8 Å². The third kappa shape index (κ3) is 5.83. The SMILES string of the molecule is CCn1c(COc2ccccc2OC)nnc1SCC(=O)Nc1cc(Cl)ccc1OC. The maximum Gasteiger partial charge on any atom is 0.234 e. The Morgan fingerprint density at radius 2 is 1.84 bits per heavy atom. The number of nitrogens with one attached hydrogen (secondary N) is 1. The summed E-state index contributed by atoms with van der Waals surface area (Å²) in [5.74, 6) is 2.42. The Hall–Kier alpha value is -2.91. The van der Waals surface area contributed by atoms with Crippen molar-refractivity contribution in [1.82, 2.24) is 14.8 Å². The quantitative estimate of drug-likeness (QED) is 0.450. The van der Waals surface area contributed by atoms with Gasteiger partial charge < -0.3 is 24.1 Å². The van der Waals surface area contributed by atoms with E-state index in [1.54, 1.807) is 25.3 Å². The molecule has 1 heterocycles. The lowest BCUT2D eigenvalue weighted by Gasteiger charge is -2.12. The molecule has 0 aliphatic heterocycles. The molecule has 0 spiro atoms. The van der Waals surface area contributed by atoms with Gasteiger partial charge >= 0.3 is 0 Å². The molecular weight excluding hydrogens is 440 g/mol. The second kappa shape index (κ2) is 10.9. The highest BCUT2D eigenvalue weighted by Crippen LogP contribution is 2.29. The second-order valence-electron chi connectivity index (χ2n) is 6.26. The minimum atomic E-state index is -0.206. The third-order valence-corrected chi connectivity index (χ3v) is 5.51. The van der Waals surface area contributed by atoms with Crippen LogP contribution in [0.5, 0.6) is 17.2 Å². The molecule has 3 aromatic rings. The molecule has 31 heavy (non-hydrogen) atoms. The zero-order valence-electron chi connectivity index (χ0n) is 17.4. The highest BCUT2D eigenvalue weighted by atomic mass is 35.5. The summed E-state index contributed by atoms with van der Waals surface area (Å²) in [7, 11) is 3.13. The molecule has 1 aromatic heterocycles. The van der Waals surface area contributed by atoms with E-state index >= 15 is 0 Å². The summed E-state index contributed by atoms with van der Waals surface area (Å²) >= 11 is 7.30.